The molecule has 102 valence electrons. The summed E-state index contributed by atoms with van der Waals surface area (Å²) in [5.74, 6) is -0.317. The predicted molar refractivity (Wildman–Crippen MR) is 76.6 cm³/mol. The average Bonchev–Trinajstić information content (AvgIpc) is 2.41. The summed E-state index contributed by atoms with van der Waals surface area (Å²) in [7, 11) is 0. The van der Waals surface area contributed by atoms with Crippen molar-refractivity contribution in [1.29, 1.82) is 0 Å². The first-order valence-corrected chi connectivity index (χ1v) is 6.06. The molecule has 2 rings (SSSR count). The second kappa shape index (κ2) is 6.47. The Hall–Kier alpha value is -2.69. The van der Waals surface area contributed by atoms with Crippen molar-refractivity contribution in [2.24, 2.45) is 0 Å². The molecule has 0 fully saturated rings. The van der Waals surface area contributed by atoms with Crippen LogP contribution in [-0.2, 0) is 0 Å². The second-order valence-electron chi connectivity index (χ2n) is 4.18. The standard InChI is InChI=1S/C15H14FN3O/c1-11-5-6-14(10-18-11)19-15(20)17-8-7-12-3-2-4-13(16)9-12/h2-10H,1H3,(H2,17,19,20)/b8-7+. The number of nitrogens with one attached hydrogen (secondary N) is 2. The summed E-state index contributed by atoms with van der Waals surface area (Å²) < 4.78 is 12.9. The number of benzene rings is 1. The van der Waals surface area contributed by atoms with Crippen LogP contribution in [0.5, 0.6) is 0 Å². The molecule has 20 heavy (non-hydrogen) atoms. The molecule has 2 N–H and O–H groups in total. The van der Waals surface area contributed by atoms with E-state index < -0.39 is 0 Å². The first kappa shape index (κ1) is 13.7. The van der Waals surface area contributed by atoms with Gasteiger partial charge in [0.15, 0.2) is 0 Å². The highest BCUT2D eigenvalue weighted by atomic mass is 19.1. The molecule has 4 nitrogen and oxygen atoms in total. The number of anilines is 1. The van der Waals surface area contributed by atoms with Crippen molar-refractivity contribution in [3.05, 3.63) is 65.9 Å². The third kappa shape index (κ3) is 4.20. The molecule has 0 atom stereocenters. The Morgan fingerprint density at radius 3 is 2.85 bits per heavy atom. The topological polar surface area (TPSA) is 54.0 Å². The van der Waals surface area contributed by atoms with E-state index in [-0.39, 0.29) is 11.8 Å². The van der Waals surface area contributed by atoms with E-state index in [0.717, 1.165) is 5.69 Å². The largest absolute Gasteiger partial charge is 0.323 e. The molecular weight excluding hydrogens is 257 g/mol. The van der Waals surface area contributed by atoms with Crippen molar-refractivity contribution < 1.29 is 9.18 Å². The zero-order valence-electron chi connectivity index (χ0n) is 10.9. The van der Waals surface area contributed by atoms with Crippen molar-refractivity contribution in [2.45, 2.75) is 6.92 Å². The molecule has 0 bridgehead atoms. The van der Waals surface area contributed by atoms with Gasteiger partial charge in [0, 0.05) is 11.9 Å². The maximum atomic E-state index is 12.9. The quantitative estimate of drug-likeness (QED) is 0.899. The zero-order chi connectivity index (χ0) is 14.4. The summed E-state index contributed by atoms with van der Waals surface area (Å²) in [6.07, 6.45) is 4.63. The van der Waals surface area contributed by atoms with Crippen LogP contribution in [0.25, 0.3) is 6.08 Å². The van der Waals surface area contributed by atoms with Crippen molar-refractivity contribution in [2.75, 3.05) is 5.32 Å². The first-order valence-electron chi connectivity index (χ1n) is 6.06. The highest BCUT2D eigenvalue weighted by Gasteiger charge is 1.99. The molecular formula is C15H14FN3O. The molecule has 2 amide bonds. The molecule has 0 aliphatic heterocycles. The van der Waals surface area contributed by atoms with E-state index in [1.807, 2.05) is 6.92 Å². The lowest BCUT2D eigenvalue weighted by molar-refractivity contribution is 0.255. The number of hydrogen-bond acceptors (Lipinski definition) is 2. The fourth-order valence-corrected chi connectivity index (χ4v) is 1.53. The maximum absolute atomic E-state index is 12.9. The molecule has 0 unspecified atom stereocenters. The van der Waals surface area contributed by atoms with Crippen LogP contribution in [0.15, 0.2) is 48.8 Å². The first-order chi connectivity index (χ1) is 9.63. The number of halogens is 1. The summed E-state index contributed by atoms with van der Waals surface area (Å²) in [5.41, 5.74) is 2.15. The molecule has 1 aromatic heterocycles. The molecule has 1 heterocycles. The number of rotatable bonds is 3. The van der Waals surface area contributed by atoms with Gasteiger partial charge >= 0.3 is 6.03 Å². The van der Waals surface area contributed by atoms with Crippen LogP contribution in [0.1, 0.15) is 11.3 Å². The minimum Gasteiger partial charge on any atom is -0.314 e. The highest BCUT2D eigenvalue weighted by molar-refractivity contribution is 5.90. The summed E-state index contributed by atoms with van der Waals surface area (Å²) in [6.45, 7) is 1.87. The molecule has 1 aromatic carbocycles. The minimum absolute atomic E-state index is 0.317. The Balaban J connectivity index is 1.87. The van der Waals surface area contributed by atoms with E-state index >= 15 is 0 Å². The third-order valence-corrected chi connectivity index (χ3v) is 2.51. The highest BCUT2D eigenvalue weighted by Crippen LogP contribution is 2.06. The summed E-state index contributed by atoms with van der Waals surface area (Å²) in [6, 6.07) is 9.26. The van der Waals surface area contributed by atoms with Crippen LogP contribution in [0.3, 0.4) is 0 Å². The van der Waals surface area contributed by atoms with Crippen LogP contribution in [0, 0.1) is 12.7 Å². The Labute approximate surface area is 116 Å². The average molecular weight is 271 g/mol. The number of pyridine rings is 1. The summed E-state index contributed by atoms with van der Waals surface area (Å²) in [4.78, 5) is 15.6. The summed E-state index contributed by atoms with van der Waals surface area (Å²) >= 11 is 0. The van der Waals surface area contributed by atoms with Crippen molar-refractivity contribution in [3.63, 3.8) is 0 Å². The SMILES string of the molecule is Cc1ccc(NC(=O)N/C=C/c2cccc(F)c2)cn1. The Morgan fingerprint density at radius 2 is 2.15 bits per heavy atom. The molecule has 0 radical (unpaired) electrons. The molecule has 0 aliphatic rings. The predicted octanol–water partition coefficient (Wildman–Crippen LogP) is 3.32. The van der Waals surface area contributed by atoms with Gasteiger partial charge in [-0.25, -0.2) is 9.18 Å². The second-order valence-corrected chi connectivity index (χ2v) is 4.18. The molecule has 5 heteroatoms. The van der Waals surface area contributed by atoms with E-state index in [4.69, 9.17) is 0 Å². The minimum atomic E-state index is -0.386. The van der Waals surface area contributed by atoms with Gasteiger partial charge in [-0.15, -0.1) is 0 Å². The van der Waals surface area contributed by atoms with Gasteiger partial charge in [0.05, 0.1) is 11.9 Å². The normalized spacial score (nSPS) is 10.5. The van der Waals surface area contributed by atoms with E-state index in [1.54, 1.807) is 36.5 Å². The molecule has 0 saturated carbocycles. The smallest absolute Gasteiger partial charge is 0.314 e. The zero-order valence-corrected chi connectivity index (χ0v) is 10.9. The number of nitrogens with zero attached hydrogens (tertiary/aromatic N) is 1. The van der Waals surface area contributed by atoms with Crippen molar-refractivity contribution in [1.82, 2.24) is 10.3 Å². The van der Waals surface area contributed by atoms with Crippen LogP contribution in [-0.4, -0.2) is 11.0 Å². The van der Waals surface area contributed by atoms with Gasteiger partial charge in [-0.05, 0) is 42.8 Å². The van der Waals surface area contributed by atoms with Crippen molar-refractivity contribution in [3.8, 4) is 0 Å². The van der Waals surface area contributed by atoms with E-state index in [2.05, 4.69) is 15.6 Å². The fraction of sp³-hybridized carbons (Fsp3) is 0.0667. The van der Waals surface area contributed by atoms with Gasteiger partial charge in [0.25, 0.3) is 0 Å². The van der Waals surface area contributed by atoms with E-state index in [0.29, 0.717) is 11.3 Å². The lowest BCUT2D eigenvalue weighted by atomic mass is 10.2. The molecule has 0 saturated heterocycles. The van der Waals surface area contributed by atoms with Gasteiger partial charge in [0.1, 0.15) is 5.82 Å². The van der Waals surface area contributed by atoms with Gasteiger partial charge in [-0.3, -0.25) is 4.98 Å². The van der Waals surface area contributed by atoms with Crippen molar-refractivity contribution >= 4 is 17.8 Å². The molecule has 0 spiro atoms. The van der Waals surface area contributed by atoms with Crippen LogP contribution < -0.4 is 10.6 Å². The van der Waals surface area contributed by atoms with Crippen LogP contribution in [0.2, 0.25) is 0 Å². The number of hydrogen-bond donors (Lipinski definition) is 2. The van der Waals surface area contributed by atoms with Gasteiger partial charge < -0.3 is 10.6 Å². The fourth-order valence-electron chi connectivity index (χ4n) is 1.53. The number of carbonyl (C=O) groups is 1. The number of amides is 2. The Bertz CT molecular complexity index is 623. The molecule has 0 aliphatic carbocycles. The van der Waals surface area contributed by atoms with Gasteiger partial charge in [-0.1, -0.05) is 12.1 Å². The number of aryl methyl sites for hydroxylation is 1. The van der Waals surface area contributed by atoms with E-state index in [1.165, 1.54) is 18.3 Å². The maximum Gasteiger partial charge on any atom is 0.323 e. The monoisotopic (exact) mass is 271 g/mol. The summed E-state index contributed by atoms with van der Waals surface area (Å²) in [5, 5.41) is 5.16. The van der Waals surface area contributed by atoms with Crippen LogP contribution in [0.4, 0.5) is 14.9 Å². The molecule has 2 aromatic rings. The van der Waals surface area contributed by atoms with E-state index in [9.17, 15) is 9.18 Å². The van der Waals surface area contributed by atoms with Gasteiger partial charge in [0.2, 0.25) is 0 Å². The van der Waals surface area contributed by atoms with Gasteiger partial charge in [-0.2, -0.15) is 0 Å². The third-order valence-electron chi connectivity index (χ3n) is 2.51. The lowest BCUT2D eigenvalue weighted by Crippen LogP contribution is -2.23. The lowest BCUT2D eigenvalue weighted by Gasteiger charge is -2.04. The Morgan fingerprint density at radius 1 is 1.30 bits per heavy atom. The van der Waals surface area contributed by atoms with Crippen LogP contribution >= 0.6 is 0 Å². The number of urea groups is 1. The number of aromatic nitrogens is 1. The number of carbonyl (C=O) groups excluding carboxylic acids is 1. The Kier molecular flexibility index (Phi) is 4.44.